The second-order valence-corrected chi connectivity index (χ2v) is 6.97. The lowest BCUT2D eigenvalue weighted by Gasteiger charge is -2.21. The second-order valence-electron chi connectivity index (χ2n) is 6.97. The van der Waals surface area contributed by atoms with Gasteiger partial charge in [-0.1, -0.05) is 42.5 Å². The third-order valence-corrected chi connectivity index (χ3v) is 4.67. The molecular formula is C22H25FN4O. The number of likely N-dealkylation sites (N-methyl/N-ethyl adjacent to an activating group) is 1. The molecule has 2 N–H and O–H groups in total. The highest BCUT2D eigenvalue weighted by atomic mass is 19.1. The number of halogens is 1. The van der Waals surface area contributed by atoms with Gasteiger partial charge < -0.3 is 15.2 Å². The molecule has 1 atom stereocenters. The van der Waals surface area contributed by atoms with Gasteiger partial charge in [0.25, 0.3) is 0 Å². The van der Waals surface area contributed by atoms with Crippen LogP contribution in [0.15, 0.2) is 67.1 Å². The van der Waals surface area contributed by atoms with E-state index in [-0.39, 0.29) is 11.7 Å². The van der Waals surface area contributed by atoms with Crippen molar-refractivity contribution in [2.75, 3.05) is 13.6 Å². The van der Waals surface area contributed by atoms with Crippen LogP contribution in [-0.2, 0) is 24.2 Å². The highest BCUT2D eigenvalue weighted by molar-refractivity contribution is 5.81. The number of aromatic nitrogens is 2. The van der Waals surface area contributed by atoms with Crippen molar-refractivity contribution in [2.24, 2.45) is 5.73 Å². The first-order valence-electron chi connectivity index (χ1n) is 9.31. The van der Waals surface area contributed by atoms with Crippen LogP contribution in [0.2, 0.25) is 0 Å². The van der Waals surface area contributed by atoms with Gasteiger partial charge in [0.15, 0.2) is 0 Å². The van der Waals surface area contributed by atoms with Crippen molar-refractivity contribution in [3.8, 4) is 0 Å². The summed E-state index contributed by atoms with van der Waals surface area (Å²) in [5, 5.41) is 0. The number of nitrogens with zero attached hydrogens (tertiary/aromatic N) is 3. The summed E-state index contributed by atoms with van der Waals surface area (Å²) in [5.41, 5.74) is 9.07. The minimum Gasteiger partial charge on any atom is -0.344 e. The molecule has 28 heavy (non-hydrogen) atoms. The molecule has 0 aliphatic rings. The molecule has 1 amide bonds. The van der Waals surface area contributed by atoms with Crippen molar-refractivity contribution in [3.05, 3.63) is 89.8 Å². The van der Waals surface area contributed by atoms with Gasteiger partial charge in [-0.2, -0.15) is 0 Å². The van der Waals surface area contributed by atoms with Crippen LogP contribution in [0.25, 0.3) is 0 Å². The van der Waals surface area contributed by atoms with E-state index in [0.717, 1.165) is 17.8 Å². The quantitative estimate of drug-likeness (QED) is 0.653. The van der Waals surface area contributed by atoms with Gasteiger partial charge in [0.1, 0.15) is 5.82 Å². The number of nitrogens with two attached hydrogens (primary N) is 1. The molecule has 0 aliphatic heterocycles. The maximum atomic E-state index is 13.0. The first-order chi connectivity index (χ1) is 13.5. The molecule has 3 rings (SSSR count). The van der Waals surface area contributed by atoms with E-state index >= 15 is 0 Å². The fourth-order valence-electron chi connectivity index (χ4n) is 3.05. The van der Waals surface area contributed by atoms with E-state index in [0.29, 0.717) is 19.4 Å². The topological polar surface area (TPSA) is 64.2 Å². The maximum Gasteiger partial charge on any atom is 0.239 e. The first-order valence-corrected chi connectivity index (χ1v) is 9.31. The van der Waals surface area contributed by atoms with Crippen LogP contribution in [0.3, 0.4) is 0 Å². The normalized spacial score (nSPS) is 12.0. The van der Waals surface area contributed by atoms with E-state index in [4.69, 9.17) is 5.73 Å². The number of rotatable bonds is 8. The van der Waals surface area contributed by atoms with Crippen LogP contribution in [-0.4, -0.2) is 40.0 Å². The van der Waals surface area contributed by atoms with E-state index in [1.165, 1.54) is 17.7 Å². The molecule has 0 fully saturated rings. The molecule has 1 aromatic heterocycles. The number of hydrogen-bond acceptors (Lipinski definition) is 3. The smallest absolute Gasteiger partial charge is 0.239 e. The summed E-state index contributed by atoms with van der Waals surface area (Å²) in [6.07, 6.45) is 4.74. The third kappa shape index (κ3) is 5.50. The van der Waals surface area contributed by atoms with Gasteiger partial charge in [0.05, 0.1) is 18.1 Å². The minimum atomic E-state index is -0.640. The number of carbonyl (C=O) groups is 1. The molecule has 0 saturated carbocycles. The van der Waals surface area contributed by atoms with Crippen LogP contribution < -0.4 is 5.73 Å². The molecule has 3 aromatic rings. The molecule has 0 unspecified atom stereocenters. The summed E-state index contributed by atoms with van der Waals surface area (Å²) >= 11 is 0. The lowest BCUT2D eigenvalue weighted by atomic mass is 10.1. The average molecular weight is 380 g/mol. The summed E-state index contributed by atoms with van der Waals surface area (Å²) in [6, 6.07) is 15.8. The molecular weight excluding hydrogens is 355 g/mol. The van der Waals surface area contributed by atoms with Crippen LogP contribution in [0.5, 0.6) is 0 Å². The monoisotopic (exact) mass is 380 g/mol. The van der Waals surface area contributed by atoms with E-state index in [1.54, 1.807) is 30.4 Å². The Kier molecular flexibility index (Phi) is 6.55. The zero-order valence-corrected chi connectivity index (χ0v) is 16.0. The SMILES string of the molecule is CN(CCc1ccc(F)cc1)C(=O)[C@@H](N)Cc1cn(Cc2ccccc2)cn1. The van der Waals surface area contributed by atoms with Crippen molar-refractivity contribution in [1.82, 2.24) is 14.5 Å². The van der Waals surface area contributed by atoms with Crippen LogP contribution in [0.4, 0.5) is 4.39 Å². The summed E-state index contributed by atoms with van der Waals surface area (Å²) in [7, 11) is 1.74. The van der Waals surface area contributed by atoms with Crippen molar-refractivity contribution in [1.29, 1.82) is 0 Å². The van der Waals surface area contributed by atoms with Crippen LogP contribution in [0.1, 0.15) is 16.8 Å². The van der Waals surface area contributed by atoms with Gasteiger partial charge in [-0.25, -0.2) is 9.37 Å². The van der Waals surface area contributed by atoms with Gasteiger partial charge in [0.2, 0.25) is 5.91 Å². The number of hydrogen-bond donors (Lipinski definition) is 1. The largest absolute Gasteiger partial charge is 0.344 e. The standard InChI is InChI=1S/C22H25FN4O/c1-26(12-11-17-7-9-19(23)10-8-17)22(28)21(24)13-20-15-27(16-25-20)14-18-5-3-2-4-6-18/h2-10,15-16,21H,11-14,24H2,1H3/t21-/m0/s1. The Balaban J connectivity index is 1.50. The zero-order valence-electron chi connectivity index (χ0n) is 16.0. The second kappa shape index (κ2) is 9.28. The average Bonchev–Trinajstić information content (AvgIpc) is 3.14. The molecule has 2 aromatic carbocycles. The summed E-state index contributed by atoms with van der Waals surface area (Å²) in [5.74, 6) is -0.387. The van der Waals surface area contributed by atoms with E-state index in [2.05, 4.69) is 17.1 Å². The van der Waals surface area contributed by atoms with Crippen LogP contribution >= 0.6 is 0 Å². The Morgan fingerprint density at radius 2 is 1.86 bits per heavy atom. The molecule has 0 bridgehead atoms. The summed E-state index contributed by atoms with van der Waals surface area (Å²) in [4.78, 5) is 18.5. The van der Waals surface area contributed by atoms with Gasteiger partial charge in [-0.15, -0.1) is 0 Å². The molecule has 0 saturated heterocycles. The van der Waals surface area contributed by atoms with Gasteiger partial charge >= 0.3 is 0 Å². The fraction of sp³-hybridized carbons (Fsp3) is 0.273. The molecule has 0 aliphatic carbocycles. The molecule has 0 spiro atoms. The van der Waals surface area contributed by atoms with E-state index in [9.17, 15) is 9.18 Å². The zero-order chi connectivity index (χ0) is 19.9. The summed E-state index contributed by atoms with van der Waals surface area (Å²) < 4.78 is 14.9. The predicted molar refractivity (Wildman–Crippen MR) is 107 cm³/mol. The Bertz CT molecular complexity index is 892. The molecule has 0 radical (unpaired) electrons. The van der Waals surface area contributed by atoms with Gasteiger partial charge in [-0.3, -0.25) is 4.79 Å². The first kappa shape index (κ1) is 19.8. The van der Waals surface area contributed by atoms with Crippen molar-refractivity contribution < 1.29 is 9.18 Å². The minimum absolute atomic E-state index is 0.125. The van der Waals surface area contributed by atoms with Gasteiger partial charge in [0, 0.05) is 32.8 Å². The number of benzene rings is 2. The van der Waals surface area contributed by atoms with Crippen LogP contribution in [0, 0.1) is 5.82 Å². The molecule has 1 heterocycles. The predicted octanol–water partition coefficient (Wildman–Crippen LogP) is 2.64. The Morgan fingerprint density at radius 3 is 2.57 bits per heavy atom. The Labute approximate surface area is 164 Å². The van der Waals surface area contributed by atoms with Crippen molar-refractivity contribution >= 4 is 5.91 Å². The number of carbonyl (C=O) groups excluding carboxylic acids is 1. The highest BCUT2D eigenvalue weighted by Crippen LogP contribution is 2.08. The van der Waals surface area contributed by atoms with Crippen molar-refractivity contribution in [2.45, 2.75) is 25.4 Å². The van der Waals surface area contributed by atoms with Crippen molar-refractivity contribution in [3.63, 3.8) is 0 Å². The Morgan fingerprint density at radius 1 is 1.14 bits per heavy atom. The molecule has 6 heteroatoms. The number of imidazole rings is 1. The lowest BCUT2D eigenvalue weighted by Crippen LogP contribution is -2.43. The highest BCUT2D eigenvalue weighted by Gasteiger charge is 2.19. The van der Waals surface area contributed by atoms with E-state index in [1.807, 2.05) is 29.0 Å². The third-order valence-electron chi connectivity index (χ3n) is 4.67. The van der Waals surface area contributed by atoms with E-state index < -0.39 is 6.04 Å². The Hall–Kier alpha value is -2.99. The summed E-state index contributed by atoms with van der Waals surface area (Å²) in [6.45, 7) is 1.26. The molecule has 146 valence electrons. The van der Waals surface area contributed by atoms with Gasteiger partial charge in [-0.05, 0) is 29.7 Å². The lowest BCUT2D eigenvalue weighted by molar-refractivity contribution is -0.131. The number of amides is 1. The fourth-order valence-corrected chi connectivity index (χ4v) is 3.05. The maximum absolute atomic E-state index is 13.0. The molecule has 5 nitrogen and oxygen atoms in total.